The molecule has 1 aromatic carbocycles. The molecule has 2 aliphatic heterocycles. The Morgan fingerprint density at radius 3 is 2.71 bits per heavy atom. The van der Waals surface area contributed by atoms with Gasteiger partial charge in [-0.1, -0.05) is 104 Å². The summed E-state index contributed by atoms with van der Waals surface area (Å²) in [5, 5.41) is 3.83. The van der Waals surface area contributed by atoms with Crippen LogP contribution in [0.1, 0.15) is 122 Å². The van der Waals surface area contributed by atoms with E-state index in [1.54, 1.807) is 11.1 Å². The molecule has 8 atom stereocenters. The minimum Gasteiger partial charge on any atom is -0.489 e. The number of hydrogen-bond acceptors (Lipinski definition) is 4. The first kappa shape index (κ1) is 34.6. The van der Waals surface area contributed by atoms with E-state index in [0.29, 0.717) is 23.7 Å². The van der Waals surface area contributed by atoms with Crippen molar-refractivity contribution in [3.63, 3.8) is 0 Å². The molecule has 4 nitrogen and oxygen atoms in total. The van der Waals surface area contributed by atoms with Crippen molar-refractivity contribution in [2.24, 2.45) is 34.4 Å². The van der Waals surface area contributed by atoms with Gasteiger partial charge < -0.3 is 15.8 Å². The van der Waals surface area contributed by atoms with Gasteiger partial charge in [-0.3, -0.25) is 4.99 Å². The van der Waals surface area contributed by atoms with Gasteiger partial charge in [0.25, 0.3) is 0 Å². The fourth-order valence-corrected chi connectivity index (χ4v) is 10.7. The molecule has 8 rings (SSSR count). The average Bonchev–Trinajstić information content (AvgIpc) is 3.20. The van der Waals surface area contributed by atoms with Crippen LogP contribution in [0.5, 0.6) is 5.75 Å². The van der Waals surface area contributed by atoms with Gasteiger partial charge in [-0.2, -0.15) is 0 Å². The largest absolute Gasteiger partial charge is 0.489 e. The lowest BCUT2D eigenvalue weighted by Gasteiger charge is -2.54. The zero-order valence-corrected chi connectivity index (χ0v) is 31.3. The van der Waals surface area contributed by atoms with Gasteiger partial charge >= 0.3 is 0 Å². The lowest BCUT2D eigenvalue weighted by atomic mass is 9.52. The number of nitrogens with zero attached hydrogens (tertiary/aromatic N) is 1. The normalized spacial score (nSPS) is 35.1. The minimum atomic E-state index is -0.109. The van der Waals surface area contributed by atoms with Crippen LogP contribution in [-0.4, -0.2) is 24.0 Å². The molecule has 0 saturated carbocycles. The number of fused-ring (bicyclic) bond motifs is 2. The van der Waals surface area contributed by atoms with Crippen LogP contribution < -0.4 is 15.8 Å². The summed E-state index contributed by atoms with van der Waals surface area (Å²) in [5.74, 6) is 3.99. The van der Waals surface area contributed by atoms with E-state index >= 15 is 0 Å². The number of aliphatic imine (C=N–C) groups is 1. The van der Waals surface area contributed by atoms with Crippen molar-refractivity contribution in [3.8, 4) is 5.75 Å². The standard InChI is InChI=1S/C47H61N3O/c1-3-4-24-41(48)43-31-42(49-46(50-43)33-16-7-5-8-17-33)36-19-15-18-34(29-36)35-28-27-32(2)40(30-35)47(37-20-9-6-10-21-37)38-22-11-13-25-44(38)51-45-26-14-12-23-39(45)47/h7,11-14,16,20,22,24-25,28-30,32-34,39,42-43,45H,3-6,8-10,15,17-19,21,23,26-27,31,48H2,1-2H3,(H,49,50)/b41-24-. The predicted molar refractivity (Wildman–Crippen MR) is 213 cm³/mol. The third kappa shape index (κ3) is 6.66. The van der Waals surface area contributed by atoms with Crippen molar-refractivity contribution in [3.05, 3.63) is 113 Å². The Morgan fingerprint density at radius 1 is 0.980 bits per heavy atom. The Labute approximate surface area is 307 Å². The average molecular weight is 684 g/mol. The Morgan fingerprint density at radius 2 is 1.86 bits per heavy atom. The molecule has 0 saturated heterocycles. The van der Waals surface area contributed by atoms with Gasteiger partial charge in [-0.15, -0.1) is 0 Å². The highest BCUT2D eigenvalue weighted by Crippen LogP contribution is 2.60. The Kier molecular flexibility index (Phi) is 10.3. The summed E-state index contributed by atoms with van der Waals surface area (Å²) < 4.78 is 6.87. The maximum atomic E-state index is 6.87. The van der Waals surface area contributed by atoms with Crippen molar-refractivity contribution < 1.29 is 4.74 Å². The first-order valence-corrected chi connectivity index (χ1v) is 20.8. The number of nitrogens with one attached hydrogen (secondary N) is 1. The zero-order chi connectivity index (χ0) is 34.8. The second-order valence-electron chi connectivity index (χ2n) is 16.6. The van der Waals surface area contributed by atoms with Crippen LogP contribution in [0.4, 0.5) is 0 Å². The van der Waals surface area contributed by atoms with Crippen LogP contribution in [0.2, 0.25) is 0 Å². The number of rotatable bonds is 8. The summed E-state index contributed by atoms with van der Waals surface area (Å²) in [6.45, 7) is 4.73. The van der Waals surface area contributed by atoms with Crippen LogP contribution >= 0.6 is 0 Å². The van der Waals surface area contributed by atoms with Gasteiger partial charge in [0.15, 0.2) is 0 Å². The van der Waals surface area contributed by atoms with Crippen molar-refractivity contribution >= 4 is 5.84 Å². The molecule has 1 aromatic rings. The molecule has 2 heterocycles. The number of para-hydroxylation sites is 1. The van der Waals surface area contributed by atoms with Crippen LogP contribution in [0.25, 0.3) is 0 Å². The first-order valence-electron chi connectivity index (χ1n) is 20.8. The summed E-state index contributed by atoms with van der Waals surface area (Å²) >= 11 is 0. The number of benzene rings is 1. The van der Waals surface area contributed by atoms with Gasteiger partial charge in [0.1, 0.15) is 17.7 Å². The molecule has 8 unspecified atom stereocenters. The van der Waals surface area contributed by atoms with E-state index in [0.717, 1.165) is 62.2 Å². The summed E-state index contributed by atoms with van der Waals surface area (Å²) in [7, 11) is 0. The number of ether oxygens (including phenoxy) is 1. The topological polar surface area (TPSA) is 59.6 Å². The Balaban J connectivity index is 1.18. The first-order chi connectivity index (χ1) is 25.1. The predicted octanol–water partition coefficient (Wildman–Crippen LogP) is 10.9. The molecule has 270 valence electrons. The molecule has 51 heavy (non-hydrogen) atoms. The van der Waals surface area contributed by atoms with Crippen molar-refractivity contribution in [1.82, 2.24) is 5.32 Å². The van der Waals surface area contributed by atoms with E-state index in [1.807, 2.05) is 0 Å². The molecule has 4 heteroatoms. The molecule has 7 aliphatic rings. The van der Waals surface area contributed by atoms with E-state index in [9.17, 15) is 0 Å². The van der Waals surface area contributed by atoms with Crippen molar-refractivity contribution in [1.29, 1.82) is 0 Å². The number of amidine groups is 1. The molecular formula is C47H61N3O. The molecule has 0 radical (unpaired) electrons. The number of allylic oxidation sites excluding steroid dienone is 10. The third-order valence-electron chi connectivity index (χ3n) is 13.3. The summed E-state index contributed by atoms with van der Waals surface area (Å²) in [5.41, 5.74) is 15.5. The van der Waals surface area contributed by atoms with E-state index < -0.39 is 0 Å². The van der Waals surface area contributed by atoms with E-state index in [2.05, 4.69) is 98.1 Å². The lowest BCUT2D eigenvalue weighted by molar-refractivity contribution is 0.0662. The number of nitrogens with two attached hydrogens (primary N) is 1. The molecule has 0 aromatic heterocycles. The molecule has 5 aliphatic carbocycles. The van der Waals surface area contributed by atoms with Crippen LogP contribution in [0.3, 0.4) is 0 Å². The highest BCUT2D eigenvalue weighted by Gasteiger charge is 2.55. The fraction of sp³-hybridized carbons (Fsp3) is 0.553. The fourth-order valence-electron chi connectivity index (χ4n) is 10.7. The van der Waals surface area contributed by atoms with Gasteiger partial charge in [-0.05, 0) is 113 Å². The minimum absolute atomic E-state index is 0.109. The summed E-state index contributed by atoms with van der Waals surface area (Å²) in [6, 6.07) is 9.44. The van der Waals surface area contributed by atoms with Crippen LogP contribution in [0.15, 0.2) is 112 Å². The van der Waals surface area contributed by atoms with Gasteiger partial charge in [0.05, 0.1) is 12.1 Å². The number of hydrogen-bond donors (Lipinski definition) is 2. The summed E-state index contributed by atoms with van der Waals surface area (Å²) in [4.78, 5) is 5.51. The van der Waals surface area contributed by atoms with Crippen LogP contribution in [-0.2, 0) is 5.41 Å². The summed E-state index contributed by atoms with van der Waals surface area (Å²) in [6.07, 6.45) is 41.1. The SMILES string of the molecule is CCC/C=C(\N)C1CC(C2=CC(C3=CCC(C)C(C4(C5=CCCCC5)c5ccccc5OC5CC=CCC54)=C3)CCC2)N=C(C2C=CCCC2)N1. The molecule has 0 fully saturated rings. The second-order valence-corrected chi connectivity index (χ2v) is 16.6. The maximum Gasteiger partial charge on any atom is 0.124 e. The Bertz CT molecular complexity index is 1700. The Hall–Kier alpha value is -3.53. The second kappa shape index (κ2) is 15.2. The van der Waals surface area contributed by atoms with E-state index in [1.165, 1.54) is 74.5 Å². The smallest absolute Gasteiger partial charge is 0.124 e. The number of unbranched alkanes of at least 4 members (excludes halogenated alkanes) is 1. The molecule has 3 N–H and O–H groups in total. The van der Waals surface area contributed by atoms with Gasteiger partial charge in [0, 0.05) is 40.9 Å². The molecule has 0 spiro atoms. The van der Waals surface area contributed by atoms with E-state index in [-0.39, 0.29) is 23.6 Å². The molecular weight excluding hydrogens is 623 g/mol. The monoisotopic (exact) mass is 683 g/mol. The lowest BCUT2D eigenvalue weighted by Crippen LogP contribution is -2.52. The highest BCUT2D eigenvalue weighted by atomic mass is 16.5. The van der Waals surface area contributed by atoms with Crippen molar-refractivity contribution in [2.45, 2.75) is 140 Å². The van der Waals surface area contributed by atoms with Gasteiger partial charge in [0.2, 0.25) is 0 Å². The quantitative estimate of drug-likeness (QED) is 0.268. The third-order valence-corrected chi connectivity index (χ3v) is 13.3. The van der Waals surface area contributed by atoms with Gasteiger partial charge in [-0.25, -0.2) is 0 Å². The maximum absolute atomic E-state index is 6.87. The van der Waals surface area contributed by atoms with E-state index in [4.69, 9.17) is 15.5 Å². The van der Waals surface area contributed by atoms with Crippen LogP contribution in [0, 0.1) is 23.7 Å². The molecule has 0 bridgehead atoms. The van der Waals surface area contributed by atoms with Crippen molar-refractivity contribution in [2.75, 3.05) is 0 Å². The molecule has 0 amide bonds. The zero-order valence-electron chi connectivity index (χ0n) is 31.3. The highest BCUT2D eigenvalue weighted by molar-refractivity contribution is 5.88.